The third-order valence-electron chi connectivity index (χ3n) is 1.44. The van der Waals surface area contributed by atoms with Gasteiger partial charge in [0.2, 0.25) is 0 Å². The summed E-state index contributed by atoms with van der Waals surface area (Å²) in [4.78, 5) is 0. The van der Waals surface area contributed by atoms with Gasteiger partial charge < -0.3 is 16.4 Å². The number of hydrogen-bond donors (Lipinski definition) is 3. The summed E-state index contributed by atoms with van der Waals surface area (Å²) in [5.74, 6) is 0. The van der Waals surface area contributed by atoms with Gasteiger partial charge in [0.05, 0.1) is 0 Å². The second-order valence-electron chi connectivity index (χ2n) is 2.70. The molecule has 0 saturated heterocycles. The molecular formula is C8H20N3. The lowest BCUT2D eigenvalue weighted by atomic mass is 10.3. The van der Waals surface area contributed by atoms with E-state index in [1.807, 2.05) is 0 Å². The van der Waals surface area contributed by atoms with Crippen LogP contribution in [-0.2, 0) is 0 Å². The molecule has 0 rings (SSSR count). The van der Waals surface area contributed by atoms with Gasteiger partial charge in [-0.2, -0.15) is 0 Å². The van der Waals surface area contributed by atoms with Crippen molar-refractivity contribution in [2.24, 2.45) is 5.73 Å². The van der Waals surface area contributed by atoms with E-state index in [0.29, 0.717) is 12.6 Å². The SMILES string of the molecule is [CH2]CCNCC(C)NCCN. The maximum atomic E-state index is 5.34. The van der Waals surface area contributed by atoms with Crippen molar-refractivity contribution in [3.05, 3.63) is 6.92 Å². The van der Waals surface area contributed by atoms with Crippen LogP contribution in [-0.4, -0.2) is 32.2 Å². The number of nitrogens with one attached hydrogen (secondary N) is 2. The second kappa shape index (κ2) is 7.98. The highest BCUT2D eigenvalue weighted by atomic mass is 15.0. The molecule has 3 heteroatoms. The molecule has 1 atom stereocenters. The highest BCUT2D eigenvalue weighted by Gasteiger charge is 1.97. The Morgan fingerprint density at radius 2 is 2.18 bits per heavy atom. The van der Waals surface area contributed by atoms with E-state index in [0.717, 1.165) is 26.1 Å². The van der Waals surface area contributed by atoms with E-state index in [1.165, 1.54) is 0 Å². The van der Waals surface area contributed by atoms with E-state index in [-0.39, 0.29) is 0 Å². The van der Waals surface area contributed by atoms with Crippen molar-refractivity contribution in [3.63, 3.8) is 0 Å². The monoisotopic (exact) mass is 158 g/mol. The summed E-state index contributed by atoms with van der Waals surface area (Å²) in [6.45, 7) is 9.48. The minimum absolute atomic E-state index is 0.505. The Labute approximate surface area is 69.7 Å². The molecule has 1 unspecified atom stereocenters. The van der Waals surface area contributed by atoms with E-state index >= 15 is 0 Å². The fourth-order valence-corrected chi connectivity index (χ4v) is 0.845. The van der Waals surface area contributed by atoms with Gasteiger partial charge in [0, 0.05) is 25.7 Å². The molecule has 0 aliphatic rings. The second-order valence-corrected chi connectivity index (χ2v) is 2.70. The number of rotatable bonds is 7. The first-order valence-electron chi connectivity index (χ1n) is 4.24. The molecule has 1 radical (unpaired) electrons. The summed E-state index contributed by atoms with van der Waals surface area (Å²) < 4.78 is 0. The minimum Gasteiger partial charge on any atom is -0.329 e. The van der Waals surface area contributed by atoms with Crippen LogP contribution >= 0.6 is 0 Å². The molecule has 0 aliphatic carbocycles. The Morgan fingerprint density at radius 1 is 1.45 bits per heavy atom. The summed E-state index contributed by atoms with van der Waals surface area (Å²) in [6.07, 6.45) is 0.948. The first-order valence-corrected chi connectivity index (χ1v) is 4.24. The van der Waals surface area contributed by atoms with Crippen LogP contribution in [0.25, 0.3) is 0 Å². The molecule has 0 bridgehead atoms. The van der Waals surface area contributed by atoms with Gasteiger partial charge in [0.15, 0.2) is 0 Å². The quantitative estimate of drug-likeness (QED) is 0.447. The van der Waals surface area contributed by atoms with Crippen molar-refractivity contribution in [2.45, 2.75) is 19.4 Å². The molecule has 0 heterocycles. The lowest BCUT2D eigenvalue weighted by Gasteiger charge is -2.13. The van der Waals surface area contributed by atoms with Gasteiger partial charge in [-0.15, -0.1) is 0 Å². The van der Waals surface area contributed by atoms with E-state index in [4.69, 9.17) is 5.73 Å². The van der Waals surface area contributed by atoms with Crippen LogP contribution in [0.2, 0.25) is 0 Å². The van der Waals surface area contributed by atoms with E-state index < -0.39 is 0 Å². The van der Waals surface area contributed by atoms with Crippen LogP contribution in [0.15, 0.2) is 0 Å². The Bertz CT molecular complexity index is 75.7. The minimum atomic E-state index is 0.505. The molecule has 67 valence electrons. The van der Waals surface area contributed by atoms with Crippen molar-refractivity contribution in [1.29, 1.82) is 0 Å². The van der Waals surface area contributed by atoms with Crippen LogP contribution < -0.4 is 16.4 Å². The molecule has 0 aliphatic heterocycles. The fraction of sp³-hybridized carbons (Fsp3) is 0.875. The predicted molar refractivity (Wildman–Crippen MR) is 49.4 cm³/mol. The standard InChI is InChI=1S/C8H20N3/c1-3-5-10-7-8(2)11-6-4-9/h8,10-11H,1,3-7,9H2,2H3. The Hall–Kier alpha value is -0.120. The Kier molecular flexibility index (Phi) is 7.89. The molecule has 0 saturated carbocycles. The van der Waals surface area contributed by atoms with Crippen LogP contribution in [0.1, 0.15) is 13.3 Å². The molecule has 0 aromatic carbocycles. The number of nitrogens with two attached hydrogens (primary N) is 1. The molecule has 11 heavy (non-hydrogen) atoms. The summed E-state index contributed by atoms with van der Waals surface area (Å²) in [5, 5.41) is 6.56. The molecular weight excluding hydrogens is 138 g/mol. The van der Waals surface area contributed by atoms with Crippen molar-refractivity contribution < 1.29 is 0 Å². The predicted octanol–water partition coefficient (Wildman–Crippen LogP) is -0.263. The first kappa shape index (κ1) is 10.9. The van der Waals surface area contributed by atoms with Crippen LogP contribution in [0.3, 0.4) is 0 Å². The largest absolute Gasteiger partial charge is 0.329 e. The summed E-state index contributed by atoms with van der Waals surface area (Å²) >= 11 is 0. The average molecular weight is 158 g/mol. The molecule has 3 nitrogen and oxygen atoms in total. The maximum absolute atomic E-state index is 5.34. The molecule has 0 aromatic rings. The van der Waals surface area contributed by atoms with Crippen LogP contribution in [0, 0.1) is 6.92 Å². The highest BCUT2D eigenvalue weighted by Crippen LogP contribution is 1.77. The molecule has 0 fully saturated rings. The summed E-state index contributed by atoms with van der Waals surface area (Å²) in [5.41, 5.74) is 5.34. The van der Waals surface area contributed by atoms with Gasteiger partial charge in [-0.25, -0.2) is 0 Å². The molecule has 0 spiro atoms. The van der Waals surface area contributed by atoms with Crippen molar-refractivity contribution in [3.8, 4) is 0 Å². The van der Waals surface area contributed by atoms with Crippen molar-refractivity contribution in [1.82, 2.24) is 10.6 Å². The van der Waals surface area contributed by atoms with Crippen molar-refractivity contribution in [2.75, 3.05) is 26.2 Å². The molecule has 0 aromatic heterocycles. The average Bonchev–Trinajstić information content (AvgIpc) is 2.01. The topological polar surface area (TPSA) is 50.1 Å². The van der Waals surface area contributed by atoms with Crippen LogP contribution in [0.4, 0.5) is 0 Å². The summed E-state index contributed by atoms with van der Waals surface area (Å²) in [6, 6.07) is 0.505. The van der Waals surface area contributed by atoms with Gasteiger partial charge >= 0.3 is 0 Å². The van der Waals surface area contributed by atoms with Crippen LogP contribution in [0.5, 0.6) is 0 Å². The van der Waals surface area contributed by atoms with Gasteiger partial charge in [-0.1, -0.05) is 6.92 Å². The summed E-state index contributed by atoms with van der Waals surface area (Å²) in [7, 11) is 0. The lowest BCUT2D eigenvalue weighted by Crippen LogP contribution is -2.38. The van der Waals surface area contributed by atoms with E-state index in [9.17, 15) is 0 Å². The van der Waals surface area contributed by atoms with Gasteiger partial charge in [0.1, 0.15) is 0 Å². The smallest absolute Gasteiger partial charge is 0.0164 e. The normalized spacial score (nSPS) is 13.4. The highest BCUT2D eigenvalue weighted by molar-refractivity contribution is 4.63. The molecule has 4 N–H and O–H groups in total. The molecule has 0 amide bonds. The van der Waals surface area contributed by atoms with Gasteiger partial charge in [-0.05, 0) is 19.9 Å². The number of hydrogen-bond acceptors (Lipinski definition) is 3. The zero-order valence-electron chi connectivity index (χ0n) is 7.40. The fourth-order valence-electron chi connectivity index (χ4n) is 0.845. The lowest BCUT2D eigenvalue weighted by molar-refractivity contribution is 0.510. The Balaban J connectivity index is 3.02. The maximum Gasteiger partial charge on any atom is 0.0164 e. The van der Waals surface area contributed by atoms with E-state index in [1.54, 1.807) is 0 Å². The first-order chi connectivity index (χ1) is 5.31. The zero-order valence-corrected chi connectivity index (χ0v) is 7.40. The zero-order chi connectivity index (χ0) is 8.53. The van der Waals surface area contributed by atoms with Gasteiger partial charge in [-0.3, -0.25) is 0 Å². The third-order valence-corrected chi connectivity index (χ3v) is 1.44. The third kappa shape index (κ3) is 7.78. The van der Waals surface area contributed by atoms with Crippen molar-refractivity contribution >= 4 is 0 Å². The van der Waals surface area contributed by atoms with Gasteiger partial charge in [0.25, 0.3) is 0 Å². The Morgan fingerprint density at radius 3 is 2.73 bits per heavy atom. The van der Waals surface area contributed by atoms with E-state index in [2.05, 4.69) is 24.5 Å².